The molecule has 3 heterocycles. The van der Waals surface area contributed by atoms with Crippen LogP contribution in [0.1, 0.15) is 5.56 Å². The van der Waals surface area contributed by atoms with Crippen LogP contribution in [0.5, 0.6) is 0 Å². The summed E-state index contributed by atoms with van der Waals surface area (Å²) in [6.45, 7) is 0. The summed E-state index contributed by atoms with van der Waals surface area (Å²) in [5.41, 5.74) is 1.69. The van der Waals surface area contributed by atoms with Crippen LogP contribution in [0.2, 0.25) is 5.02 Å². The van der Waals surface area contributed by atoms with Crippen LogP contribution >= 0.6 is 11.6 Å². The second-order valence-electron chi connectivity index (χ2n) is 6.39. The molecule has 0 unspecified atom stereocenters. The highest BCUT2D eigenvalue weighted by atomic mass is 35.5. The maximum Gasteiger partial charge on any atom is 0.282 e. The first-order chi connectivity index (χ1) is 14.2. The van der Waals surface area contributed by atoms with Crippen LogP contribution in [-0.2, 0) is 0 Å². The highest BCUT2D eigenvalue weighted by molar-refractivity contribution is 6.31. The zero-order chi connectivity index (χ0) is 19.8. The van der Waals surface area contributed by atoms with E-state index in [-0.39, 0.29) is 5.56 Å². The van der Waals surface area contributed by atoms with E-state index in [1.54, 1.807) is 67.1 Å². The van der Waals surface area contributed by atoms with Gasteiger partial charge in [0, 0.05) is 28.4 Å². The Morgan fingerprint density at radius 1 is 1.07 bits per heavy atom. The van der Waals surface area contributed by atoms with Crippen molar-refractivity contribution in [2.75, 3.05) is 0 Å². The molecule has 0 saturated heterocycles. The van der Waals surface area contributed by atoms with E-state index in [0.29, 0.717) is 33.1 Å². The molecule has 0 fully saturated rings. The highest BCUT2D eigenvalue weighted by Crippen LogP contribution is 2.29. The smallest absolute Gasteiger partial charge is 0.282 e. The SMILES string of the molecule is O=c1c2ccccc2nc(-c2cc3cc(Cl)ccc3o2)n1N=Cc1cccnc1. The van der Waals surface area contributed by atoms with E-state index in [1.165, 1.54) is 4.68 Å². The number of furan rings is 1. The quantitative estimate of drug-likeness (QED) is 0.410. The topological polar surface area (TPSA) is 73.3 Å². The van der Waals surface area contributed by atoms with Gasteiger partial charge in [0.15, 0.2) is 5.76 Å². The Labute approximate surface area is 169 Å². The largest absolute Gasteiger partial charge is 0.453 e. The molecule has 0 aliphatic heterocycles. The highest BCUT2D eigenvalue weighted by Gasteiger charge is 2.16. The summed E-state index contributed by atoms with van der Waals surface area (Å²) < 4.78 is 7.18. The van der Waals surface area contributed by atoms with Gasteiger partial charge >= 0.3 is 0 Å². The first kappa shape index (κ1) is 17.3. The van der Waals surface area contributed by atoms with Gasteiger partial charge in [-0.25, -0.2) is 4.98 Å². The van der Waals surface area contributed by atoms with Crippen LogP contribution in [0.25, 0.3) is 33.5 Å². The van der Waals surface area contributed by atoms with Crippen molar-refractivity contribution in [1.82, 2.24) is 14.6 Å². The van der Waals surface area contributed by atoms with Crippen molar-refractivity contribution in [3.63, 3.8) is 0 Å². The van der Waals surface area contributed by atoms with Crippen molar-refractivity contribution in [2.45, 2.75) is 0 Å². The molecule has 0 radical (unpaired) electrons. The summed E-state index contributed by atoms with van der Waals surface area (Å²) in [5.74, 6) is 0.731. The van der Waals surface area contributed by atoms with Crippen LogP contribution in [0.3, 0.4) is 0 Å². The summed E-state index contributed by atoms with van der Waals surface area (Å²) in [5, 5.41) is 6.27. The molecule has 3 aromatic heterocycles. The summed E-state index contributed by atoms with van der Waals surface area (Å²) in [4.78, 5) is 21.8. The third-order valence-electron chi connectivity index (χ3n) is 4.46. The van der Waals surface area contributed by atoms with Crippen LogP contribution in [0, 0.1) is 0 Å². The number of benzene rings is 2. The summed E-state index contributed by atoms with van der Waals surface area (Å²) in [6, 6.07) is 17.9. The van der Waals surface area contributed by atoms with Crippen molar-refractivity contribution >= 4 is 39.7 Å². The number of halogens is 1. The Kier molecular flexibility index (Phi) is 4.18. The van der Waals surface area contributed by atoms with Gasteiger partial charge in [-0.05, 0) is 42.5 Å². The molecule has 0 aliphatic rings. The Morgan fingerprint density at radius 3 is 2.83 bits per heavy atom. The molecule has 6 nitrogen and oxygen atoms in total. The first-order valence-corrected chi connectivity index (χ1v) is 9.22. The van der Waals surface area contributed by atoms with Crippen LogP contribution in [0.4, 0.5) is 0 Å². The fourth-order valence-electron chi connectivity index (χ4n) is 3.09. The van der Waals surface area contributed by atoms with E-state index in [1.807, 2.05) is 12.1 Å². The third-order valence-corrected chi connectivity index (χ3v) is 4.69. The van der Waals surface area contributed by atoms with Gasteiger partial charge < -0.3 is 4.42 Å². The lowest BCUT2D eigenvalue weighted by molar-refractivity contribution is 0.616. The van der Waals surface area contributed by atoms with Crippen molar-refractivity contribution < 1.29 is 4.42 Å². The number of para-hydroxylation sites is 1. The van der Waals surface area contributed by atoms with Crippen LogP contribution in [-0.4, -0.2) is 20.9 Å². The summed E-state index contributed by atoms with van der Waals surface area (Å²) >= 11 is 6.08. The second-order valence-corrected chi connectivity index (χ2v) is 6.83. The fraction of sp³-hybridized carbons (Fsp3) is 0. The zero-order valence-electron chi connectivity index (χ0n) is 15.0. The van der Waals surface area contributed by atoms with E-state index >= 15 is 0 Å². The molecule has 5 rings (SSSR count). The molecule has 29 heavy (non-hydrogen) atoms. The molecule has 0 amide bonds. The minimum atomic E-state index is -0.288. The van der Waals surface area contributed by atoms with Gasteiger partial charge in [-0.3, -0.25) is 9.78 Å². The van der Waals surface area contributed by atoms with Gasteiger partial charge in [0.05, 0.1) is 17.1 Å². The molecule has 2 aromatic carbocycles. The van der Waals surface area contributed by atoms with Gasteiger partial charge in [0.25, 0.3) is 5.56 Å². The van der Waals surface area contributed by atoms with E-state index in [0.717, 1.165) is 10.9 Å². The van der Waals surface area contributed by atoms with E-state index in [4.69, 9.17) is 16.0 Å². The lowest BCUT2D eigenvalue weighted by Crippen LogP contribution is -2.20. The molecule has 140 valence electrons. The molecule has 0 N–H and O–H groups in total. The molecule has 0 bridgehead atoms. The van der Waals surface area contributed by atoms with Gasteiger partial charge in [0.1, 0.15) is 5.58 Å². The predicted octanol–water partition coefficient (Wildman–Crippen LogP) is 4.74. The monoisotopic (exact) mass is 400 g/mol. The third kappa shape index (κ3) is 3.19. The average Bonchev–Trinajstić information content (AvgIpc) is 3.17. The molecule has 0 spiro atoms. The molecular formula is C22H13ClN4O2. The molecule has 0 aliphatic carbocycles. The van der Waals surface area contributed by atoms with Crippen molar-refractivity contribution in [1.29, 1.82) is 0 Å². The average molecular weight is 401 g/mol. The summed E-state index contributed by atoms with van der Waals surface area (Å²) in [6.07, 6.45) is 4.89. The number of rotatable bonds is 3. The van der Waals surface area contributed by atoms with Crippen molar-refractivity contribution in [2.24, 2.45) is 5.10 Å². The Morgan fingerprint density at radius 2 is 1.97 bits per heavy atom. The van der Waals surface area contributed by atoms with Gasteiger partial charge in [0.2, 0.25) is 5.82 Å². The minimum absolute atomic E-state index is 0.288. The lowest BCUT2D eigenvalue weighted by atomic mass is 10.2. The fourth-order valence-corrected chi connectivity index (χ4v) is 3.27. The molecule has 0 saturated carbocycles. The standard InChI is InChI=1S/C22H13ClN4O2/c23-16-7-8-19-15(10-16)11-20(29-19)21-26-18-6-2-1-5-17(18)22(28)27(21)25-13-14-4-3-9-24-12-14/h1-13H. The molecular weight excluding hydrogens is 388 g/mol. The van der Waals surface area contributed by atoms with E-state index in [9.17, 15) is 4.79 Å². The second kappa shape index (κ2) is 7.00. The Hall–Kier alpha value is -3.77. The van der Waals surface area contributed by atoms with Gasteiger partial charge in [-0.2, -0.15) is 9.78 Å². The van der Waals surface area contributed by atoms with E-state index in [2.05, 4.69) is 15.1 Å². The summed E-state index contributed by atoms with van der Waals surface area (Å²) in [7, 11) is 0. The van der Waals surface area contributed by atoms with Gasteiger partial charge in [-0.1, -0.05) is 29.8 Å². The van der Waals surface area contributed by atoms with Gasteiger partial charge in [-0.15, -0.1) is 0 Å². The predicted molar refractivity (Wildman–Crippen MR) is 113 cm³/mol. The number of fused-ring (bicyclic) bond motifs is 2. The normalized spacial score (nSPS) is 11.6. The Bertz CT molecular complexity index is 1440. The van der Waals surface area contributed by atoms with Crippen LogP contribution < -0.4 is 5.56 Å². The minimum Gasteiger partial charge on any atom is -0.453 e. The number of hydrogen-bond acceptors (Lipinski definition) is 5. The number of aromatic nitrogens is 3. The number of nitrogens with zero attached hydrogens (tertiary/aromatic N) is 4. The molecule has 5 aromatic rings. The number of pyridine rings is 1. The Balaban J connectivity index is 1.76. The molecule has 7 heteroatoms. The lowest BCUT2D eigenvalue weighted by Gasteiger charge is -2.07. The first-order valence-electron chi connectivity index (χ1n) is 8.85. The van der Waals surface area contributed by atoms with E-state index < -0.39 is 0 Å². The molecule has 0 atom stereocenters. The van der Waals surface area contributed by atoms with Crippen molar-refractivity contribution in [3.8, 4) is 11.6 Å². The maximum atomic E-state index is 13.1. The number of hydrogen-bond donors (Lipinski definition) is 0. The maximum absolute atomic E-state index is 13.1. The van der Waals surface area contributed by atoms with Crippen LogP contribution in [0.15, 0.2) is 87.4 Å². The zero-order valence-corrected chi connectivity index (χ0v) is 15.7. The van der Waals surface area contributed by atoms with Crippen molar-refractivity contribution in [3.05, 3.63) is 94.0 Å².